The smallest absolute Gasteiger partial charge is 0.223 e. The first kappa shape index (κ1) is 14.8. The van der Waals surface area contributed by atoms with Crippen LogP contribution in [0.3, 0.4) is 0 Å². The summed E-state index contributed by atoms with van der Waals surface area (Å²) in [6.45, 7) is 2.59. The average Bonchev–Trinajstić information content (AvgIpc) is 2.94. The van der Waals surface area contributed by atoms with Crippen molar-refractivity contribution in [3.8, 4) is 0 Å². The number of rotatable bonds is 5. The second kappa shape index (κ2) is 6.68. The van der Waals surface area contributed by atoms with Crippen LogP contribution in [0.25, 0.3) is 0 Å². The van der Waals surface area contributed by atoms with E-state index in [-0.39, 0.29) is 17.4 Å². The van der Waals surface area contributed by atoms with Crippen molar-refractivity contribution in [2.45, 2.75) is 37.7 Å². The lowest BCUT2D eigenvalue weighted by molar-refractivity contribution is -0.127. The average molecular weight is 270 g/mol. The molecule has 1 saturated carbocycles. The minimum absolute atomic E-state index is 0.152. The molecule has 1 aliphatic heterocycles. The monoisotopic (exact) mass is 270 g/mol. The number of nitrogens with two attached hydrogens (primary N) is 1. The molecule has 0 spiro atoms. The van der Waals surface area contributed by atoms with Gasteiger partial charge in [-0.1, -0.05) is 0 Å². The van der Waals surface area contributed by atoms with Crippen LogP contribution >= 0.6 is 0 Å². The lowest BCUT2D eigenvalue weighted by Gasteiger charge is -2.29. The molecular formula is C14H26N2O3. The maximum atomic E-state index is 12.2. The third-order valence-electron chi connectivity index (χ3n) is 4.64. The van der Waals surface area contributed by atoms with Crippen LogP contribution in [0.15, 0.2) is 0 Å². The molecule has 2 aliphatic rings. The highest BCUT2D eigenvalue weighted by Crippen LogP contribution is 2.28. The van der Waals surface area contributed by atoms with Crippen molar-refractivity contribution in [1.29, 1.82) is 0 Å². The van der Waals surface area contributed by atoms with Gasteiger partial charge in [-0.25, -0.2) is 0 Å². The van der Waals surface area contributed by atoms with Crippen LogP contribution in [0.2, 0.25) is 0 Å². The number of nitrogens with one attached hydrogen (secondary N) is 1. The van der Waals surface area contributed by atoms with Crippen molar-refractivity contribution in [1.82, 2.24) is 5.32 Å². The minimum Gasteiger partial charge on any atom is -0.378 e. The van der Waals surface area contributed by atoms with Gasteiger partial charge in [0.2, 0.25) is 5.91 Å². The highest BCUT2D eigenvalue weighted by Gasteiger charge is 2.36. The van der Waals surface area contributed by atoms with Crippen molar-refractivity contribution < 1.29 is 14.3 Å². The molecule has 3 N–H and O–H groups in total. The zero-order chi connectivity index (χ0) is 13.7. The molecule has 2 fully saturated rings. The van der Waals surface area contributed by atoms with Crippen molar-refractivity contribution >= 4 is 5.91 Å². The molecule has 1 amide bonds. The maximum absolute atomic E-state index is 12.2. The highest BCUT2D eigenvalue weighted by molar-refractivity contribution is 5.78. The predicted octanol–water partition coefficient (Wildman–Crippen LogP) is 0.673. The summed E-state index contributed by atoms with van der Waals surface area (Å²) in [5, 5.41) is 3.04. The molecule has 1 saturated heterocycles. The van der Waals surface area contributed by atoms with Crippen LogP contribution in [-0.2, 0) is 14.3 Å². The standard InChI is InChI=1S/C14H26N2O3/c1-18-14(6-7-19-10-14)9-16-13(17)12-4-2-11(8-15)3-5-12/h11-12H,2-10,15H2,1H3,(H,16,17). The summed E-state index contributed by atoms with van der Waals surface area (Å²) in [6, 6.07) is 0. The van der Waals surface area contributed by atoms with Crippen LogP contribution in [0.5, 0.6) is 0 Å². The Morgan fingerprint density at radius 2 is 2.16 bits per heavy atom. The number of carbonyl (C=O) groups excluding carboxylic acids is 1. The summed E-state index contributed by atoms with van der Waals surface area (Å²) < 4.78 is 10.9. The van der Waals surface area contributed by atoms with Crippen LogP contribution in [-0.4, -0.2) is 44.9 Å². The van der Waals surface area contributed by atoms with E-state index in [9.17, 15) is 4.79 Å². The maximum Gasteiger partial charge on any atom is 0.223 e. The Morgan fingerprint density at radius 1 is 1.42 bits per heavy atom. The summed E-state index contributed by atoms with van der Waals surface area (Å²) >= 11 is 0. The molecule has 0 aromatic heterocycles. The van der Waals surface area contributed by atoms with Gasteiger partial charge in [-0.3, -0.25) is 4.79 Å². The van der Waals surface area contributed by atoms with Crippen molar-refractivity contribution in [3.63, 3.8) is 0 Å². The van der Waals surface area contributed by atoms with E-state index >= 15 is 0 Å². The van der Waals surface area contributed by atoms with Crippen molar-refractivity contribution in [3.05, 3.63) is 0 Å². The number of hydrogen-bond acceptors (Lipinski definition) is 4. The summed E-state index contributed by atoms with van der Waals surface area (Å²) in [5.74, 6) is 0.926. The number of amides is 1. The molecule has 5 heteroatoms. The molecule has 0 radical (unpaired) electrons. The SMILES string of the molecule is COC1(CNC(=O)C2CCC(CN)CC2)CCOC1. The van der Waals surface area contributed by atoms with Gasteiger partial charge >= 0.3 is 0 Å². The third-order valence-corrected chi connectivity index (χ3v) is 4.64. The van der Waals surface area contributed by atoms with E-state index in [0.717, 1.165) is 38.6 Å². The van der Waals surface area contributed by atoms with Crippen LogP contribution in [0, 0.1) is 11.8 Å². The summed E-state index contributed by atoms with van der Waals surface area (Å²) in [5.41, 5.74) is 5.36. The molecular weight excluding hydrogens is 244 g/mol. The molecule has 0 aromatic rings. The van der Waals surface area contributed by atoms with Gasteiger partial charge in [0.05, 0.1) is 6.61 Å². The lowest BCUT2D eigenvalue weighted by atomic mass is 9.81. The molecule has 2 rings (SSSR count). The minimum atomic E-state index is -0.315. The van der Waals surface area contributed by atoms with Gasteiger partial charge in [-0.05, 0) is 38.1 Å². The summed E-state index contributed by atoms with van der Waals surface area (Å²) in [4.78, 5) is 12.2. The quantitative estimate of drug-likeness (QED) is 0.770. The number of hydrogen-bond donors (Lipinski definition) is 2. The van der Waals surface area contributed by atoms with Gasteiger partial charge in [-0.15, -0.1) is 0 Å². The van der Waals surface area contributed by atoms with E-state index in [1.54, 1.807) is 7.11 Å². The number of carbonyl (C=O) groups is 1. The first-order valence-electron chi connectivity index (χ1n) is 7.30. The van der Waals surface area contributed by atoms with Gasteiger partial charge in [0.1, 0.15) is 5.60 Å². The third kappa shape index (κ3) is 3.68. The fourth-order valence-corrected chi connectivity index (χ4v) is 3.01. The van der Waals surface area contributed by atoms with E-state index in [0.29, 0.717) is 25.7 Å². The van der Waals surface area contributed by atoms with E-state index in [4.69, 9.17) is 15.2 Å². The molecule has 1 heterocycles. The highest BCUT2D eigenvalue weighted by atomic mass is 16.5. The second-order valence-corrected chi connectivity index (χ2v) is 5.86. The molecule has 1 aliphatic carbocycles. The Balaban J connectivity index is 1.75. The van der Waals surface area contributed by atoms with E-state index in [2.05, 4.69) is 5.32 Å². The topological polar surface area (TPSA) is 73.6 Å². The Morgan fingerprint density at radius 3 is 2.68 bits per heavy atom. The fraction of sp³-hybridized carbons (Fsp3) is 0.929. The predicted molar refractivity (Wildman–Crippen MR) is 72.7 cm³/mol. The first-order chi connectivity index (χ1) is 9.19. The van der Waals surface area contributed by atoms with Crippen LogP contribution in [0.1, 0.15) is 32.1 Å². The van der Waals surface area contributed by atoms with Gasteiger partial charge in [0, 0.05) is 32.6 Å². The zero-order valence-electron chi connectivity index (χ0n) is 11.8. The largest absolute Gasteiger partial charge is 0.378 e. The lowest BCUT2D eigenvalue weighted by Crippen LogP contribution is -2.47. The molecule has 19 heavy (non-hydrogen) atoms. The first-order valence-corrected chi connectivity index (χ1v) is 7.30. The van der Waals surface area contributed by atoms with Crippen LogP contribution < -0.4 is 11.1 Å². The van der Waals surface area contributed by atoms with Crippen molar-refractivity contribution in [2.24, 2.45) is 17.6 Å². The van der Waals surface area contributed by atoms with E-state index in [1.807, 2.05) is 0 Å². The molecule has 1 unspecified atom stereocenters. The zero-order valence-corrected chi connectivity index (χ0v) is 11.8. The number of ether oxygens (including phenoxy) is 2. The van der Waals surface area contributed by atoms with Gasteiger partial charge in [0.25, 0.3) is 0 Å². The van der Waals surface area contributed by atoms with E-state index < -0.39 is 0 Å². The summed E-state index contributed by atoms with van der Waals surface area (Å²) in [6.07, 6.45) is 4.93. The number of methoxy groups -OCH3 is 1. The Labute approximate surface area is 115 Å². The Kier molecular flexibility index (Phi) is 5.19. The fourth-order valence-electron chi connectivity index (χ4n) is 3.01. The van der Waals surface area contributed by atoms with Gasteiger partial charge in [0.15, 0.2) is 0 Å². The van der Waals surface area contributed by atoms with E-state index in [1.165, 1.54) is 0 Å². The van der Waals surface area contributed by atoms with Gasteiger partial charge < -0.3 is 20.5 Å². The normalized spacial score (nSPS) is 35.3. The Bertz CT molecular complexity index is 295. The van der Waals surface area contributed by atoms with Gasteiger partial charge in [-0.2, -0.15) is 0 Å². The second-order valence-electron chi connectivity index (χ2n) is 5.86. The van der Waals surface area contributed by atoms with Crippen molar-refractivity contribution in [2.75, 3.05) is 33.4 Å². The molecule has 5 nitrogen and oxygen atoms in total. The molecule has 110 valence electrons. The summed E-state index contributed by atoms with van der Waals surface area (Å²) in [7, 11) is 1.69. The Hall–Kier alpha value is -0.650. The molecule has 1 atom stereocenters. The van der Waals surface area contributed by atoms with Crippen LogP contribution in [0.4, 0.5) is 0 Å². The molecule has 0 aromatic carbocycles. The molecule has 0 bridgehead atoms.